The van der Waals surface area contributed by atoms with Crippen LogP contribution < -0.4 is 5.32 Å². The van der Waals surface area contributed by atoms with Gasteiger partial charge in [-0.25, -0.2) is 4.98 Å². The first-order valence-corrected chi connectivity index (χ1v) is 6.43. The minimum absolute atomic E-state index is 0.424. The highest BCUT2D eigenvalue weighted by atomic mass is 32.2. The first kappa shape index (κ1) is 9.69. The highest BCUT2D eigenvalue weighted by Gasteiger charge is 2.22. The van der Waals surface area contributed by atoms with Crippen LogP contribution in [0.3, 0.4) is 0 Å². The average Bonchev–Trinajstić information content (AvgIpc) is 2.74. The van der Waals surface area contributed by atoms with Crippen molar-refractivity contribution >= 4 is 11.8 Å². The van der Waals surface area contributed by atoms with Gasteiger partial charge in [0.1, 0.15) is 0 Å². The summed E-state index contributed by atoms with van der Waals surface area (Å²) in [6.45, 7) is 3.73. The van der Waals surface area contributed by atoms with Gasteiger partial charge in [-0.15, -0.1) is 0 Å². The van der Waals surface area contributed by atoms with Gasteiger partial charge in [-0.2, -0.15) is 0 Å². The minimum Gasteiger partial charge on any atom is -0.380 e. The summed E-state index contributed by atoms with van der Waals surface area (Å²) in [7, 11) is 0. The molecule has 1 unspecified atom stereocenters. The molecule has 1 aromatic heterocycles. The molecule has 0 spiro atoms. The minimum atomic E-state index is 0.424. The molecule has 0 bridgehead atoms. The zero-order valence-corrected chi connectivity index (χ0v) is 9.42. The zero-order chi connectivity index (χ0) is 10.1. The molecular weight excluding hydrogens is 210 g/mol. The quantitative estimate of drug-likeness (QED) is 0.775. The van der Waals surface area contributed by atoms with E-state index >= 15 is 0 Å². The summed E-state index contributed by atoms with van der Waals surface area (Å²) in [4.78, 5) is 4.45. The van der Waals surface area contributed by atoms with Gasteiger partial charge in [0.25, 0.3) is 0 Å². The molecule has 1 saturated heterocycles. The van der Waals surface area contributed by atoms with Crippen LogP contribution in [0.25, 0.3) is 0 Å². The molecule has 3 heterocycles. The summed E-state index contributed by atoms with van der Waals surface area (Å²) in [5, 5.41) is 4.70. The van der Waals surface area contributed by atoms with Crippen molar-refractivity contribution in [2.24, 2.45) is 0 Å². The summed E-state index contributed by atoms with van der Waals surface area (Å²) in [6, 6.07) is 0.424. The number of aromatic nitrogens is 2. The summed E-state index contributed by atoms with van der Waals surface area (Å²) in [6.07, 6.45) is 3.07. The van der Waals surface area contributed by atoms with Gasteiger partial charge in [0.05, 0.1) is 24.5 Å². The van der Waals surface area contributed by atoms with Gasteiger partial charge in [-0.3, -0.25) is 0 Å². The summed E-state index contributed by atoms with van der Waals surface area (Å²) in [5.41, 5.74) is 1.33. The standard InChI is InChI=1S/C10H15N3OS/c1-4-14-5-2-11-8(1)9-7-12-10-13(9)3-6-15-10/h7-8,11H,1-6H2. The number of thioether (sulfide) groups is 1. The molecular formula is C10H15N3OS. The van der Waals surface area contributed by atoms with Crippen LogP contribution in [0, 0.1) is 0 Å². The Labute approximate surface area is 93.4 Å². The molecule has 2 aliphatic rings. The van der Waals surface area contributed by atoms with E-state index in [1.54, 1.807) is 0 Å². The second-order valence-corrected chi connectivity index (χ2v) is 4.94. The van der Waals surface area contributed by atoms with Gasteiger partial charge in [-0.1, -0.05) is 11.8 Å². The smallest absolute Gasteiger partial charge is 0.168 e. The van der Waals surface area contributed by atoms with E-state index in [0.29, 0.717) is 6.04 Å². The average molecular weight is 225 g/mol. The molecule has 3 rings (SSSR count). The molecule has 4 nitrogen and oxygen atoms in total. The number of ether oxygens (including phenoxy) is 1. The topological polar surface area (TPSA) is 39.1 Å². The molecule has 1 aromatic rings. The van der Waals surface area contributed by atoms with Crippen LogP contribution in [-0.2, 0) is 11.3 Å². The third kappa shape index (κ3) is 1.79. The van der Waals surface area contributed by atoms with Crippen molar-refractivity contribution in [3.63, 3.8) is 0 Å². The van der Waals surface area contributed by atoms with Crippen LogP contribution in [0.1, 0.15) is 18.2 Å². The second-order valence-electron chi connectivity index (χ2n) is 3.87. The van der Waals surface area contributed by atoms with Crippen LogP contribution in [0.2, 0.25) is 0 Å². The number of rotatable bonds is 1. The fourth-order valence-corrected chi connectivity index (χ4v) is 3.12. The molecule has 0 aliphatic carbocycles. The van der Waals surface area contributed by atoms with Gasteiger partial charge in [0.15, 0.2) is 5.16 Å². The number of nitrogens with one attached hydrogen (secondary N) is 1. The van der Waals surface area contributed by atoms with Crippen molar-refractivity contribution in [3.8, 4) is 0 Å². The zero-order valence-electron chi connectivity index (χ0n) is 8.61. The Morgan fingerprint density at radius 2 is 2.53 bits per heavy atom. The molecule has 0 saturated carbocycles. The van der Waals surface area contributed by atoms with Crippen LogP contribution >= 0.6 is 11.8 Å². The van der Waals surface area contributed by atoms with Crippen molar-refractivity contribution in [3.05, 3.63) is 11.9 Å². The first-order valence-electron chi connectivity index (χ1n) is 5.44. The fraction of sp³-hybridized carbons (Fsp3) is 0.700. The van der Waals surface area contributed by atoms with Crippen molar-refractivity contribution in [1.29, 1.82) is 0 Å². The van der Waals surface area contributed by atoms with Gasteiger partial charge in [-0.05, 0) is 6.42 Å². The Bertz CT molecular complexity index is 344. The summed E-state index contributed by atoms with van der Waals surface area (Å²) in [5.74, 6) is 1.17. The molecule has 0 aromatic carbocycles. The van der Waals surface area contributed by atoms with Crippen LogP contribution in [0.4, 0.5) is 0 Å². The lowest BCUT2D eigenvalue weighted by Gasteiger charge is -2.15. The molecule has 5 heteroatoms. The van der Waals surface area contributed by atoms with Gasteiger partial charge in [0.2, 0.25) is 0 Å². The van der Waals surface area contributed by atoms with Crippen LogP contribution in [-0.4, -0.2) is 35.1 Å². The summed E-state index contributed by atoms with van der Waals surface area (Å²) < 4.78 is 7.79. The fourth-order valence-electron chi connectivity index (χ4n) is 2.18. The van der Waals surface area contributed by atoms with E-state index in [2.05, 4.69) is 14.9 Å². The Morgan fingerprint density at radius 1 is 1.53 bits per heavy atom. The highest BCUT2D eigenvalue weighted by molar-refractivity contribution is 7.99. The van der Waals surface area contributed by atoms with Crippen molar-refractivity contribution in [2.75, 3.05) is 25.5 Å². The van der Waals surface area contributed by atoms with Gasteiger partial charge < -0.3 is 14.6 Å². The number of nitrogens with zero attached hydrogens (tertiary/aromatic N) is 2. The third-order valence-corrected chi connectivity index (χ3v) is 3.91. The predicted molar refractivity (Wildman–Crippen MR) is 59.1 cm³/mol. The molecule has 0 amide bonds. The van der Waals surface area contributed by atoms with E-state index in [1.807, 2.05) is 18.0 Å². The van der Waals surface area contributed by atoms with E-state index in [-0.39, 0.29) is 0 Å². The molecule has 1 N–H and O–H groups in total. The number of hydrogen-bond donors (Lipinski definition) is 1. The van der Waals surface area contributed by atoms with Gasteiger partial charge in [0, 0.05) is 25.4 Å². The number of hydrogen-bond acceptors (Lipinski definition) is 4. The molecule has 2 aliphatic heterocycles. The maximum absolute atomic E-state index is 5.44. The molecule has 0 radical (unpaired) electrons. The van der Waals surface area contributed by atoms with E-state index in [0.717, 1.165) is 32.7 Å². The lowest BCUT2D eigenvalue weighted by Crippen LogP contribution is -2.24. The Hall–Kier alpha value is -0.520. The van der Waals surface area contributed by atoms with E-state index < -0.39 is 0 Å². The molecule has 1 fully saturated rings. The number of imidazole rings is 1. The Kier molecular flexibility index (Phi) is 2.68. The predicted octanol–water partition coefficient (Wildman–Crippen LogP) is 1.04. The maximum atomic E-state index is 5.44. The van der Waals surface area contributed by atoms with E-state index in [9.17, 15) is 0 Å². The number of fused-ring (bicyclic) bond motifs is 1. The lowest BCUT2D eigenvalue weighted by molar-refractivity contribution is 0.149. The highest BCUT2D eigenvalue weighted by Crippen LogP contribution is 2.29. The Morgan fingerprint density at radius 3 is 3.53 bits per heavy atom. The molecule has 15 heavy (non-hydrogen) atoms. The van der Waals surface area contributed by atoms with Crippen molar-refractivity contribution < 1.29 is 4.74 Å². The Balaban J connectivity index is 1.84. The molecule has 82 valence electrons. The normalized spacial score (nSPS) is 26.3. The lowest BCUT2D eigenvalue weighted by atomic mass is 10.1. The van der Waals surface area contributed by atoms with Crippen molar-refractivity contribution in [1.82, 2.24) is 14.9 Å². The largest absolute Gasteiger partial charge is 0.380 e. The van der Waals surface area contributed by atoms with Crippen LogP contribution in [0.15, 0.2) is 11.4 Å². The van der Waals surface area contributed by atoms with Crippen molar-refractivity contribution in [2.45, 2.75) is 24.2 Å². The second kappa shape index (κ2) is 4.15. The van der Waals surface area contributed by atoms with Gasteiger partial charge >= 0.3 is 0 Å². The molecule has 1 atom stereocenters. The van der Waals surface area contributed by atoms with E-state index in [4.69, 9.17) is 4.74 Å². The third-order valence-electron chi connectivity index (χ3n) is 2.94. The van der Waals surface area contributed by atoms with E-state index in [1.165, 1.54) is 16.6 Å². The SMILES string of the molecule is c1nc2n(c1C1CCOCCN1)CCS2. The maximum Gasteiger partial charge on any atom is 0.168 e. The summed E-state index contributed by atoms with van der Waals surface area (Å²) >= 11 is 1.85. The van der Waals surface area contributed by atoms with Crippen LogP contribution in [0.5, 0.6) is 0 Å². The monoisotopic (exact) mass is 225 g/mol. The first-order chi connectivity index (χ1) is 7.45.